The molecule has 0 spiro atoms. The second-order valence-corrected chi connectivity index (χ2v) is 4.88. The van der Waals surface area contributed by atoms with Crippen molar-refractivity contribution >= 4 is 5.97 Å². The van der Waals surface area contributed by atoms with E-state index in [0.717, 1.165) is 11.4 Å². The van der Waals surface area contributed by atoms with Crippen LogP contribution in [0.25, 0.3) is 5.69 Å². The standard InChI is InChI=1S/C15H19N3O2/c1-4-20-15(19)14(11(2)3)13-10-16-17-18(13)12-8-6-5-7-9-12/h5-11,14H,4H2,1-3H3. The molecule has 0 aliphatic heterocycles. The maximum Gasteiger partial charge on any atom is 0.315 e. The molecule has 0 saturated carbocycles. The van der Waals surface area contributed by atoms with Crippen molar-refractivity contribution in [2.45, 2.75) is 26.7 Å². The van der Waals surface area contributed by atoms with Crippen LogP contribution in [0.1, 0.15) is 32.4 Å². The van der Waals surface area contributed by atoms with Gasteiger partial charge in [0.15, 0.2) is 0 Å². The van der Waals surface area contributed by atoms with E-state index >= 15 is 0 Å². The highest BCUT2D eigenvalue weighted by Crippen LogP contribution is 2.26. The first-order valence-electron chi connectivity index (χ1n) is 6.77. The quantitative estimate of drug-likeness (QED) is 0.786. The molecular formula is C15H19N3O2. The molecule has 5 heteroatoms. The molecule has 2 aromatic rings. The molecule has 0 bridgehead atoms. The van der Waals surface area contributed by atoms with E-state index in [4.69, 9.17) is 4.74 Å². The molecule has 0 saturated heterocycles. The maximum atomic E-state index is 12.2. The van der Waals surface area contributed by atoms with Gasteiger partial charge in [0.2, 0.25) is 0 Å². The molecule has 1 heterocycles. The summed E-state index contributed by atoms with van der Waals surface area (Å²) in [4.78, 5) is 12.2. The topological polar surface area (TPSA) is 57.0 Å². The summed E-state index contributed by atoms with van der Waals surface area (Å²) in [5.74, 6) is -0.498. The summed E-state index contributed by atoms with van der Waals surface area (Å²) in [6.07, 6.45) is 1.63. The highest BCUT2D eigenvalue weighted by molar-refractivity contribution is 5.78. The Morgan fingerprint density at radius 2 is 2.00 bits per heavy atom. The minimum absolute atomic E-state index is 0.106. The molecule has 1 atom stereocenters. The third-order valence-corrected chi connectivity index (χ3v) is 3.10. The van der Waals surface area contributed by atoms with Gasteiger partial charge in [-0.3, -0.25) is 4.79 Å². The number of benzene rings is 1. The fraction of sp³-hybridized carbons (Fsp3) is 0.400. The third kappa shape index (κ3) is 2.87. The Balaban J connectivity index is 2.41. The predicted molar refractivity (Wildman–Crippen MR) is 75.6 cm³/mol. The Morgan fingerprint density at radius 1 is 1.30 bits per heavy atom. The molecule has 106 valence electrons. The van der Waals surface area contributed by atoms with Gasteiger partial charge in [0.05, 0.1) is 24.2 Å². The lowest BCUT2D eigenvalue weighted by Crippen LogP contribution is -2.23. The van der Waals surface area contributed by atoms with E-state index in [1.54, 1.807) is 10.9 Å². The van der Waals surface area contributed by atoms with Gasteiger partial charge in [-0.05, 0) is 25.0 Å². The van der Waals surface area contributed by atoms with Crippen LogP contribution in [0.4, 0.5) is 0 Å². The van der Waals surface area contributed by atoms with Crippen molar-refractivity contribution in [3.05, 3.63) is 42.2 Å². The summed E-state index contributed by atoms with van der Waals surface area (Å²) in [7, 11) is 0. The van der Waals surface area contributed by atoms with Gasteiger partial charge in [-0.1, -0.05) is 37.3 Å². The van der Waals surface area contributed by atoms with Gasteiger partial charge in [0.25, 0.3) is 0 Å². The number of hydrogen-bond acceptors (Lipinski definition) is 4. The molecule has 0 amide bonds. The van der Waals surface area contributed by atoms with E-state index in [2.05, 4.69) is 10.3 Å². The molecule has 1 unspecified atom stereocenters. The lowest BCUT2D eigenvalue weighted by atomic mass is 9.93. The molecule has 20 heavy (non-hydrogen) atoms. The zero-order valence-electron chi connectivity index (χ0n) is 12.0. The fourth-order valence-electron chi connectivity index (χ4n) is 2.19. The number of ether oxygens (including phenoxy) is 1. The molecule has 0 fully saturated rings. The smallest absolute Gasteiger partial charge is 0.315 e. The van der Waals surface area contributed by atoms with Crippen molar-refractivity contribution in [1.82, 2.24) is 15.0 Å². The van der Waals surface area contributed by atoms with E-state index in [0.29, 0.717) is 6.61 Å². The lowest BCUT2D eigenvalue weighted by Gasteiger charge is -2.19. The van der Waals surface area contributed by atoms with Gasteiger partial charge < -0.3 is 4.74 Å². The predicted octanol–water partition coefficient (Wildman–Crippen LogP) is 2.57. The summed E-state index contributed by atoms with van der Waals surface area (Å²) >= 11 is 0. The summed E-state index contributed by atoms with van der Waals surface area (Å²) < 4.78 is 6.87. The van der Waals surface area contributed by atoms with Gasteiger partial charge >= 0.3 is 5.97 Å². The number of para-hydroxylation sites is 1. The number of nitrogens with zero attached hydrogens (tertiary/aromatic N) is 3. The van der Waals surface area contributed by atoms with E-state index in [1.807, 2.05) is 51.1 Å². The van der Waals surface area contributed by atoms with Crippen molar-refractivity contribution in [1.29, 1.82) is 0 Å². The molecule has 0 aliphatic carbocycles. The van der Waals surface area contributed by atoms with Crippen LogP contribution in [0.2, 0.25) is 0 Å². The van der Waals surface area contributed by atoms with E-state index in [9.17, 15) is 4.79 Å². The van der Waals surface area contributed by atoms with Gasteiger partial charge in [0.1, 0.15) is 5.92 Å². The summed E-state index contributed by atoms with van der Waals surface area (Å²) in [5.41, 5.74) is 1.64. The van der Waals surface area contributed by atoms with Crippen molar-refractivity contribution in [2.75, 3.05) is 6.61 Å². The fourth-order valence-corrected chi connectivity index (χ4v) is 2.19. The van der Waals surface area contributed by atoms with Crippen LogP contribution in [-0.4, -0.2) is 27.6 Å². The first-order chi connectivity index (χ1) is 9.65. The lowest BCUT2D eigenvalue weighted by molar-refractivity contribution is -0.146. The van der Waals surface area contributed by atoms with Gasteiger partial charge in [-0.2, -0.15) is 0 Å². The van der Waals surface area contributed by atoms with Crippen molar-refractivity contribution < 1.29 is 9.53 Å². The monoisotopic (exact) mass is 273 g/mol. The highest BCUT2D eigenvalue weighted by Gasteiger charge is 2.29. The molecular weight excluding hydrogens is 254 g/mol. The molecule has 5 nitrogen and oxygen atoms in total. The first kappa shape index (κ1) is 14.2. The van der Waals surface area contributed by atoms with Crippen LogP contribution >= 0.6 is 0 Å². The van der Waals surface area contributed by atoms with Crippen molar-refractivity contribution in [3.63, 3.8) is 0 Å². The largest absolute Gasteiger partial charge is 0.465 e. The third-order valence-electron chi connectivity index (χ3n) is 3.10. The van der Waals surface area contributed by atoms with Crippen molar-refractivity contribution in [3.8, 4) is 5.69 Å². The number of aromatic nitrogens is 3. The second kappa shape index (κ2) is 6.32. The number of rotatable bonds is 5. The summed E-state index contributed by atoms with van der Waals surface area (Å²) in [6, 6.07) is 9.65. The molecule has 0 aliphatic rings. The van der Waals surface area contributed by atoms with Gasteiger partial charge in [-0.15, -0.1) is 5.10 Å². The van der Waals surface area contributed by atoms with Crippen LogP contribution < -0.4 is 0 Å². The average Bonchev–Trinajstić information content (AvgIpc) is 2.89. The summed E-state index contributed by atoms with van der Waals surface area (Å²) in [5, 5.41) is 8.04. The Morgan fingerprint density at radius 3 is 2.60 bits per heavy atom. The zero-order chi connectivity index (χ0) is 14.5. The van der Waals surface area contributed by atoms with Gasteiger partial charge in [0, 0.05) is 0 Å². The van der Waals surface area contributed by atoms with Crippen LogP contribution in [0, 0.1) is 5.92 Å². The first-order valence-corrected chi connectivity index (χ1v) is 6.77. The average molecular weight is 273 g/mol. The SMILES string of the molecule is CCOC(=O)C(c1cnnn1-c1ccccc1)C(C)C. The van der Waals surface area contributed by atoms with Crippen LogP contribution in [-0.2, 0) is 9.53 Å². The number of carbonyl (C=O) groups is 1. The molecule has 2 rings (SSSR count). The van der Waals surface area contributed by atoms with Crippen LogP contribution in [0.3, 0.4) is 0 Å². The normalized spacial score (nSPS) is 12.4. The Bertz CT molecular complexity index is 564. The van der Waals surface area contributed by atoms with E-state index < -0.39 is 0 Å². The second-order valence-electron chi connectivity index (χ2n) is 4.88. The molecule has 0 radical (unpaired) electrons. The zero-order valence-corrected chi connectivity index (χ0v) is 12.0. The Hall–Kier alpha value is -2.17. The van der Waals surface area contributed by atoms with E-state index in [-0.39, 0.29) is 17.8 Å². The Kier molecular flexibility index (Phi) is 4.50. The highest BCUT2D eigenvalue weighted by atomic mass is 16.5. The van der Waals surface area contributed by atoms with Crippen molar-refractivity contribution in [2.24, 2.45) is 5.92 Å². The summed E-state index contributed by atoms with van der Waals surface area (Å²) in [6.45, 7) is 6.16. The number of hydrogen-bond donors (Lipinski definition) is 0. The maximum absolute atomic E-state index is 12.2. The molecule has 1 aromatic carbocycles. The Labute approximate surface area is 118 Å². The van der Waals surface area contributed by atoms with Crippen LogP contribution in [0.5, 0.6) is 0 Å². The number of carbonyl (C=O) groups excluding carboxylic acids is 1. The van der Waals surface area contributed by atoms with E-state index in [1.165, 1.54) is 0 Å². The number of esters is 1. The van der Waals surface area contributed by atoms with Crippen LogP contribution in [0.15, 0.2) is 36.5 Å². The molecule has 0 N–H and O–H groups in total. The minimum Gasteiger partial charge on any atom is -0.465 e. The molecule has 1 aromatic heterocycles. The minimum atomic E-state index is -0.370. The van der Waals surface area contributed by atoms with Gasteiger partial charge in [-0.25, -0.2) is 4.68 Å².